The van der Waals surface area contributed by atoms with E-state index in [4.69, 9.17) is 4.74 Å². The number of unbranched alkanes of at least 4 members (excludes halogenated alkanes) is 28. The first-order chi connectivity index (χ1) is 28.0. The molecule has 0 aromatic rings. The van der Waals surface area contributed by atoms with Crippen LogP contribution in [0.25, 0.3) is 0 Å². The molecule has 0 fully saturated rings. The summed E-state index contributed by atoms with van der Waals surface area (Å²) in [5, 5.41) is 23.2. The van der Waals surface area contributed by atoms with E-state index < -0.39 is 12.1 Å². The van der Waals surface area contributed by atoms with Crippen LogP contribution in [-0.2, 0) is 14.3 Å². The molecule has 6 heteroatoms. The third-order valence-electron chi connectivity index (χ3n) is 11.2. The number of hydrogen-bond acceptors (Lipinski definition) is 5. The fourth-order valence-electron chi connectivity index (χ4n) is 7.30. The Morgan fingerprint density at radius 2 is 0.912 bits per heavy atom. The molecule has 0 aliphatic rings. The molecule has 2 unspecified atom stereocenters. The normalized spacial score (nSPS) is 13.0. The molecule has 0 aromatic heterocycles. The molecule has 0 saturated carbocycles. The van der Waals surface area contributed by atoms with Crippen LogP contribution in [0.15, 0.2) is 36.5 Å². The minimum Gasteiger partial charge on any atom is -0.466 e. The summed E-state index contributed by atoms with van der Waals surface area (Å²) in [6, 6.07) is -0.580. The number of amides is 1. The van der Waals surface area contributed by atoms with E-state index in [0.717, 1.165) is 83.5 Å². The number of hydrogen-bond donors (Lipinski definition) is 3. The van der Waals surface area contributed by atoms with Gasteiger partial charge in [-0.05, 0) is 70.6 Å². The number of ether oxygens (including phenoxy) is 1. The summed E-state index contributed by atoms with van der Waals surface area (Å²) in [7, 11) is 0. The average Bonchev–Trinajstić information content (AvgIpc) is 3.21. The Labute approximate surface area is 353 Å². The van der Waals surface area contributed by atoms with E-state index in [9.17, 15) is 19.8 Å². The number of aliphatic hydroxyl groups excluding tert-OH is 2. The fourth-order valence-corrected chi connectivity index (χ4v) is 7.30. The molecule has 0 bridgehead atoms. The van der Waals surface area contributed by atoms with Gasteiger partial charge < -0.3 is 20.3 Å². The lowest BCUT2D eigenvalue weighted by molar-refractivity contribution is -0.143. The van der Waals surface area contributed by atoms with Gasteiger partial charge in [0.1, 0.15) is 0 Å². The van der Waals surface area contributed by atoms with E-state index in [0.29, 0.717) is 25.9 Å². The van der Waals surface area contributed by atoms with Crippen molar-refractivity contribution < 1.29 is 24.5 Å². The Kier molecular flexibility index (Phi) is 45.2. The average molecular weight is 802 g/mol. The second-order valence-corrected chi connectivity index (χ2v) is 16.8. The first kappa shape index (κ1) is 55.1. The Hall–Kier alpha value is -1.92. The van der Waals surface area contributed by atoms with Crippen LogP contribution >= 0.6 is 0 Å². The maximum Gasteiger partial charge on any atom is 0.305 e. The first-order valence-corrected chi connectivity index (χ1v) is 24.7. The summed E-state index contributed by atoms with van der Waals surface area (Å²) in [6.45, 7) is 4.81. The minimum atomic E-state index is -0.696. The molecule has 0 aliphatic carbocycles. The van der Waals surface area contributed by atoms with Crippen LogP contribution in [0.2, 0.25) is 0 Å². The number of allylic oxidation sites excluding steroid dienone is 6. The van der Waals surface area contributed by atoms with Gasteiger partial charge in [0.25, 0.3) is 0 Å². The summed E-state index contributed by atoms with van der Waals surface area (Å²) in [4.78, 5) is 24.4. The topological polar surface area (TPSA) is 95.9 Å². The molecule has 3 N–H and O–H groups in total. The van der Waals surface area contributed by atoms with Crippen molar-refractivity contribution in [3.8, 4) is 0 Å². The summed E-state index contributed by atoms with van der Waals surface area (Å²) in [6.07, 6.45) is 55.4. The van der Waals surface area contributed by atoms with Gasteiger partial charge in [-0.25, -0.2) is 0 Å². The zero-order valence-electron chi connectivity index (χ0n) is 37.8. The van der Waals surface area contributed by atoms with Crippen LogP contribution in [0.1, 0.15) is 251 Å². The van der Waals surface area contributed by atoms with Gasteiger partial charge in [-0.1, -0.05) is 204 Å². The van der Waals surface area contributed by atoms with Crippen molar-refractivity contribution >= 4 is 11.9 Å². The zero-order chi connectivity index (χ0) is 41.5. The lowest BCUT2D eigenvalue weighted by Gasteiger charge is -2.22. The third-order valence-corrected chi connectivity index (χ3v) is 11.2. The predicted octanol–water partition coefficient (Wildman–Crippen LogP) is 14.5. The summed E-state index contributed by atoms with van der Waals surface area (Å²) in [5.41, 5.74) is 0. The molecule has 334 valence electrons. The maximum absolute atomic E-state index is 12.4. The molecule has 0 heterocycles. The molecule has 0 radical (unpaired) electrons. The fraction of sp³-hybridized carbons (Fsp3) is 0.843. The van der Waals surface area contributed by atoms with Crippen molar-refractivity contribution in [2.24, 2.45) is 0 Å². The zero-order valence-corrected chi connectivity index (χ0v) is 37.8. The van der Waals surface area contributed by atoms with Crippen molar-refractivity contribution in [1.29, 1.82) is 0 Å². The van der Waals surface area contributed by atoms with E-state index >= 15 is 0 Å². The first-order valence-electron chi connectivity index (χ1n) is 24.7. The Balaban J connectivity index is 3.57. The van der Waals surface area contributed by atoms with Crippen molar-refractivity contribution in [2.45, 2.75) is 264 Å². The van der Waals surface area contributed by atoms with Crippen molar-refractivity contribution in [3.63, 3.8) is 0 Å². The molecule has 0 spiro atoms. The highest BCUT2D eigenvalue weighted by atomic mass is 16.5. The largest absolute Gasteiger partial charge is 0.466 e. The van der Waals surface area contributed by atoms with Gasteiger partial charge in [-0.3, -0.25) is 9.59 Å². The highest BCUT2D eigenvalue weighted by Crippen LogP contribution is 2.16. The molecule has 0 saturated heterocycles. The minimum absolute atomic E-state index is 0.0506. The van der Waals surface area contributed by atoms with E-state index in [1.807, 2.05) is 0 Å². The van der Waals surface area contributed by atoms with Crippen molar-refractivity contribution in [3.05, 3.63) is 36.5 Å². The molecule has 57 heavy (non-hydrogen) atoms. The van der Waals surface area contributed by atoms with Crippen LogP contribution in [0.3, 0.4) is 0 Å². The second-order valence-electron chi connectivity index (χ2n) is 16.8. The number of carbonyl (C=O) groups excluding carboxylic acids is 2. The van der Waals surface area contributed by atoms with Gasteiger partial charge in [0.15, 0.2) is 0 Å². The molecule has 1 amide bonds. The summed E-state index contributed by atoms with van der Waals surface area (Å²) < 4.78 is 5.42. The van der Waals surface area contributed by atoms with Gasteiger partial charge in [-0.2, -0.15) is 0 Å². The third kappa shape index (κ3) is 43.5. The number of nitrogens with one attached hydrogen (secondary N) is 1. The van der Waals surface area contributed by atoms with E-state index in [1.54, 1.807) is 0 Å². The summed E-state index contributed by atoms with van der Waals surface area (Å²) in [5.74, 6) is -0.147. The Morgan fingerprint density at radius 3 is 1.44 bits per heavy atom. The van der Waals surface area contributed by atoms with Crippen molar-refractivity contribution in [2.75, 3.05) is 13.2 Å². The van der Waals surface area contributed by atoms with Gasteiger partial charge in [0, 0.05) is 12.8 Å². The quantitative estimate of drug-likeness (QED) is 0.0324. The number of aliphatic hydroxyl groups is 2. The van der Waals surface area contributed by atoms with Gasteiger partial charge in [0.2, 0.25) is 5.91 Å². The van der Waals surface area contributed by atoms with Crippen LogP contribution in [0.4, 0.5) is 0 Å². The number of esters is 1. The van der Waals surface area contributed by atoms with Crippen LogP contribution in [0, 0.1) is 0 Å². The van der Waals surface area contributed by atoms with Crippen LogP contribution < -0.4 is 5.32 Å². The summed E-state index contributed by atoms with van der Waals surface area (Å²) >= 11 is 0. The van der Waals surface area contributed by atoms with Crippen LogP contribution in [0.5, 0.6) is 0 Å². The molecular formula is C51H95NO5. The monoisotopic (exact) mass is 802 g/mol. The SMILES string of the molecule is CCCC/C=C\C/C=C\CCCCCCCC(=O)OCCCCCC/C=C\CCCC(=O)NC(CO)C(O)CCCCCCCCCCCCCCCCCCC. The molecule has 0 aromatic carbocycles. The van der Waals surface area contributed by atoms with Gasteiger partial charge in [-0.15, -0.1) is 0 Å². The van der Waals surface area contributed by atoms with Gasteiger partial charge in [0.05, 0.1) is 25.4 Å². The second kappa shape index (κ2) is 46.8. The van der Waals surface area contributed by atoms with E-state index in [-0.39, 0.29) is 18.5 Å². The van der Waals surface area contributed by atoms with Crippen LogP contribution in [-0.4, -0.2) is 47.4 Å². The highest BCUT2D eigenvalue weighted by Gasteiger charge is 2.20. The Morgan fingerprint density at radius 1 is 0.491 bits per heavy atom. The predicted molar refractivity (Wildman–Crippen MR) is 246 cm³/mol. The number of carbonyl (C=O) groups is 2. The van der Waals surface area contributed by atoms with E-state index in [1.165, 1.54) is 135 Å². The molecule has 0 rings (SSSR count). The lowest BCUT2D eigenvalue weighted by atomic mass is 10.0. The van der Waals surface area contributed by atoms with Crippen molar-refractivity contribution in [1.82, 2.24) is 5.32 Å². The molecule has 2 atom stereocenters. The number of rotatable bonds is 45. The smallest absolute Gasteiger partial charge is 0.305 e. The van der Waals surface area contributed by atoms with Gasteiger partial charge >= 0.3 is 5.97 Å². The molecule has 6 nitrogen and oxygen atoms in total. The van der Waals surface area contributed by atoms with E-state index in [2.05, 4.69) is 55.6 Å². The molecule has 0 aliphatic heterocycles. The highest BCUT2D eigenvalue weighted by molar-refractivity contribution is 5.76. The Bertz CT molecular complexity index is 931. The maximum atomic E-state index is 12.4. The lowest BCUT2D eigenvalue weighted by Crippen LogP contribution is -2.45. The standard InChI is InChI=1S/C51H95NO5/c1-3-5-7-9-11-13-15-17-19-20-21-22-24-27-31-35-39-43-49(54)48(47-53)52-50(55)44-40-36-32-28-26-30-34-38-42-46-57-51(56)45-41-37-33-29-25-23-18-16-14-12-10-8-6-4-2/h10,12,16,18,28,32,48-49,53-54H,3-9,11,13-15,17,19-27,29-31,33-47H2,1-2H3,(H,52,55)/b12-10-,18-16-,32-28-. The molecular weight excluding hydrogens is 707 g/mol.